The van der Waals surface area contributed by atoms with E-state index in [1.807, 2.05) is 0 Å². The van der Waals surface area contributed by atoms with Crippen molar-refractivity contribution in [3.8, 4) is 11.1 Å². The molecule has 3 nitrogen and oxygen atoms in total. The van der Waals surface area contributed by atoms with Gasteiger partial charge in [0.1, 0.15) is 0 Å². The van der Waals surface area contributed by atoms with Gasteiger partial charge in [0.05, 0.1) is 33.1 Å². The van der Waals surface area contributed by atoms with Crippen LogP contribution in [0.2, 0.25) is 0 Å². The molecular formula is C48H29N3. The SMILES string of the molecule is c1ccc(-c2ccc3c4c5c6ccccc6n6c7cc(N(c8ccccc8)c8ccccc8)ccc7c(cc4n4c7ccccc7c2c34)c56)cc1. The number of anilines is 3. The summed E-state index contributed by atoms with van der Waals surface area (Å²) in [4.78, 5) is 2.36. The predicted octanol–water partition coefficient (Wildman–Crippen LogP) is 13.1. The van der Waals surface area contributed by atoms with Crippen LogP contribution in [-0.4, -0.2) is 8.80 Å². The standard InChI is InChI=1S/C48H29N3/c1-4-14-30(15-5-1)34-26-27-38-45-43(51-40-22-12-10-20-36(40)44(34)47(38)51)29-39-35-25-24-33(49(31-16-6-2-7-17-31)32-18-8-3-9-19-32)28-42(35)50-41-23-13-11-21-37(41)46(45)48(39)50/h1-29H. The highest BCUT2D eigenvalue weighted by molar-refractivity contribution is 6.38. The Kier molecular flexibility index (Phi) is 5.23. The van der Waals surface area contributed by atoms with Gasteiger partial charge in [-0.15, -0.1) is 0 Å². The van der Waals surface area contributed by atoms with Gasteiger partial charge in [-0.05, 0) is 65.7 Å². The molecule has 0 saturated heterocycles. The lowest BCUT2D eigenvalue weighted by Gasteiger charge is -2.25. The molecule has 51 heavy (non-hydrogen) atoms. The van der Waals surface area contributed by atoms with Crippen LogP contribution >= 0.6 is 0 Å². The molecule has 0 N–H and O–H groups in total. The van der Waals surface area contributed by atoms with Gasteiger partial charge >= 0.3 is 0 Å². The molecule has 0 aliphatic heterocycles. The van der Waals surface area contributed by atoms with Crippen molar-refractivity contribution in [3.05, 3.63) is 176 Å². The minimum absolute atomic E-state index is 1.13. The summed E-state index contributed by atoms with van der Waals surface area (Å²) in [6.45, 7) is 0. The highest BCUT2D eigenvalue weighted by Gasteiger charge is 2.27. The average molecular weight is 648 g/mol. The summed E-state index contributed by atoms with van der Waals surface area (Å²) in [5.41, 5.74) is 13.5. The van der Waals surface area contributed by atoms with Crippen molar-refractivity contribution in [1.29, 1.82) is 0 Å². The normalized spacial score (nSPS) is 12.3. The molecule has 8 aromatic carbocycles. The topological polar surface area (TPSA) is 12.1 Å². The second-order valence-corrected chi connectivity index (χ2v) is 13.7. The third-order valence-corrected chi connectivity index (χ3v) is 11.1. The van der Waals surface area contributed by atoms with Crippen molar-refractivity contribution >= 4 is 93.3 Å². The fourth-order valence-corrected chi connectivity index (χ4v) is 9.14. The van der Waals surface area contributed by atoms with Crippen LogP contribution in [0.25, 0.3) is 87.3 Å². The van der Waals surface area contributed by atoms with Crippen molar-refractivity contribution in [2.24, 2.45) is 0 Å². The number of rotatable bonds is 4. The Hall–Kier alpha value is -6.84. The summed E-state index contributed by atoms with van der Waals surface area (Å²) in [6, 6.07) is 64.3. The van der Waals surface area contributed by atoms with Crippen LogP contribution in [-0.2, 0) is 0 Å². The molecule has 0 aliphatic carbocycles. The van der Waals surface area contributed by atoms with Crippen LogP contribution in [0.1, 0.15) is 0 Å². The molecule has 0 spiro atoms. The van der Waals surface area contributed by atoms with E-state index in [1.165, 1.54) is 87.3 Å². The van der Waals surface area contributed by atoms with Gasteiger partial charge in [-0.3, -0.25) is 0 Å². The van der Waals surface area contributed by atoms with E-state index < -0.39 is 0 Å². The second-order valence-electron chi connectivity index (χ2n) is 13.7. The quantitative estimate of drug-likeness (QED) is 0.185. The highest BCUT2D eigenvalue weighted by atomic mass is 15.1. The Labute approximate surface area is 293 Å². The molecule has 3 heteroatoms. The van der Waals surface area contributed by atoms with E-state index in [-0.39, 0.29) is 0 Å². The van der Waals surface area contributed by atoms with E-state index in [4.69, 9.17) is 0 Å². The number of benzene rings is 8. The van der Waals surface area contributed by atoms with E-state index >= 15 is 0 Å². The molecule has 236 valence electrons. The molecule has 0 radical (unpaired) electrons. The van der Waals surface area contributed by atoms with Gasteiger partial charge < -0.3 is 13.7 Å². The van der Waals surface area contributed by atoms with Gasteiger partial charge in [0.2, 0.25) is 0 Å². The molecule has 0 unspecified atom stereocenters. The Bertz CT molecular complexity index is 3240. The first kappa shape index (κ1) is 27.0. The summed E-state index contributed by atoms with van der Waals surface area (Å²) in [5, 5.41) is 10.4. The Balaban J connectivity index is 1.24. The molecule has 12 aromatic rings. The first-order valence-electron chi connectivity index (χ1n) is 17.6. The number of hydrogen-bond donors (Lipinski definition) is 0. The van der Waals surface area contributed by atoms with Crippen molar-refractivity contribution in [2.75, 3.05) is 4.90 Å². The Morgan fingerprint density at radius 2 is 0.863 bits per heavy atom. The number of fused-ring (bicyclic) bond motifs is 13. The summed E-state index contributed by atoms with van der Waals surface area (Å²) in [6.07, 6.45) is 0. The molecule has 12 rings (SSSR count). The van der Waals surface area contributed by atoms with Crippen molar-refractivity contribution < 1.29 is 0 Å². The predicted molar refractivity (Wildman–Crippen MR) is 216 cm³/mol. The van der Waals surface area contributed by atoms with Crippen LogP contribution in [0.3, 0.4) is 0 Å². The number of nitrogens with zero attached hydrogens (tertiary/aromatic N) is 3. The summed E-state index contributed by atoms with van der Waals surface area (Å²) in [7, 11) is 0. The van der Waals surface area contributed by atoms with Crippen LogP contribution in [0, 0.1) is 0 Å². The first-order valence-corrected chi connectivity index (χ1v) is 17.6. The maximum Gasteiger partial charge on any atom is 0.0628 e. The van der Waals surface area contributed by atoms with E-state index in [0.29, 0.717) is 0 Å². The fourth-order valence-electron chi connectivity index (χ4n) is 9.14. The lowest BCUT2D eigenvalue weighted by atomic mass is 9.96. The van der Waals surface area contributed by atoms with Crippen molar-refractivity contribution in [1.82, 2.24) is 8.80 Å². The van der Waals surface area contributed by atoms with E-state index in [2.05, 4.69) is 190 Å². The smallest absolute Gasteiger partial charge is 0.0628 e. The number of aromatic nitrogens is 2. The van der Waals surface area contributed by atoms with Crippen molar-refractivity contribution in [2.45, 2.75) is 0 Å². The number of para-hydroxylation sites is 4. The third kappa shape index (κ3) is 3.47. The molecule has 0 atom stereocenters. The first-order chi connectivity index (χ1) is 25.3. The van der Waals surface area contributed by atoms with Crippen LogP contribution < -0.4 is 4.90 Å². The third-order valence-electron chi connectivity index (χ3n) is 11.1. The summed E-state index contributed by atoms with van der Waals surface area (Å²) in [5.74, 6) is 0. The molecule has 0 amide bonds. The summed E-state index contributed by atoms with van der Waals surface area (Å²) >= 11 is 0. The van der Waals surface area contributed by atoms with Crippen molar-refractivity contribution in [3.63, 3.8) is 0 Å². The minimum Gasteiger partial charge on any atom is -0.310 e. The van der Waals surface area contributed by atoms with Crippen LogP contribution in [0.15, 0.2) is 176 Å². The zero-order valence-corrected chi connectivity index (χ0v) is 27.6. The molecule has 0 aliphatic rings. The number of hydrogen-bond acceptors (Lipinski definition) is 1. The average Bonchev–Trinajstić information content (AvgIpc) is 3.92. The molecular weight excluding hydrogens is 619 g/mol. The van der Waals surface area contributed by atoms with Gasteiger partial charge in [0.15, 0.2) is 0 Å². The lowest BCUT2D eigenvalue weighted by molar-refractivity contribution is 1.28. The second kappa shape index (κ2) is 9.87. The molecule has 0 bridgehead atoms. The molecule has 4 heterocycles. The molecule has 0 saturated carbocycles. The highest BCUT2D eigenvalue weighted by Crippen LogP contribution is 2.50. The van der Waals surface area contributed by atoms with Gasteiger partial charge in [-0.1, -0.05) is 121 Å². The van der Waals surface area contributed by atoms with Gasteiger partial charge in [-0.2, -0.15) is 0 Å². The Morgan fingerprint density at radius 3 is 1.55 bits per heavy atom. The molecule has 4 aromatic heterocycles. The van der Waals surface area contributed by atoms with Gasteiger partial charge in [0.25, 0.3) is 0 Å². The maximum atomic E-state index is 2.54. The monoisotopic (exact) mass is 647 g/mol. The fraction of sp³-hybridized carbons (Fsp3) is 0. The minimum atomic E-state index is 1.13. The van der Waals surface area contributed by atoms with E-state index in [1.54, 1.807) is 0 Å². The van der Waals surface area contributed by atoms with Gasteiger partial charge in [-0.25, -0.2) is 0 Å². The van der Waals surface area contributed by atoms with E-state index in [0.717, 1.165) is 17.1 Å². The van der Waals surface area contributed by atoms with Crippen LogP contribution in [0.5, 0.6) is 0 Å². The zero-order chi connectivity index (χ0) is 33.2. The maximum absolute atomic E-state index is 2.54. The largest absolute Gasteiger partial charge is 0.310 e. The summed E-state index contributed by atoms with van der Waals surface area (Å²) < 4.78 is 5.07. The van der Waals surface area contributed by atoms with Crippen LogP contribution in [0.4, 0.5) is 17.1 Å². The van der Waals surface area contributed by atoms with Gasteiger partial charge in [0, 0.05) is 60.2 Å². The van der Waals surface area contributed by atoms with E-state index in [9.17, 15) is 0 Å². The molecule has 0 fully saturated rings. The Morgan fingerprint density at radius 1 is 0.314 bits per heavy atom. The lowest BCUT2D eigenvalue weighted by Crippen LogP contribution is -2.09. The zero-order valence-electron chi connectivity index (χ0n) is 27.6.